The molecule has 0 heterocycles. The van der Waals surface area contributed by atoms with E-state index in [1.54, 1.807) is 30.3 Å². The van der Waals surface area contributed by atoms with Gasteiger partial charge in [-0.05, 0) is 35.9 Å². The van der Waals surface area contributed by atoms with Crippen LogP contribution in [0.2, 0.25) is 15.1 Å². The van der Waals surface area contributed by atoms with Gasteiger partial charge in [0, 0.05) is 25.1 Å². The summed E-state index contributed by atoms with van der Waals surface area (Å²) in [5.41, 5.74) is 1.19. The Labute approximate surface area is 128 Å². The molecule has 18 heavy (non-hydrogen) atoms. The van der Waals surface area contributed by atoms with E-state index in [4.69, 9.17) is 34.8 Å². The standard InChI is InChI=1S/C13H8BrCl3O/c14-10-2-1-3-11(17)12(10)13(18)7-4-8(15)6-9(16)5-7/h1-6,13,18H. The molecular formula is C13H8BrCl3O. The third-order valence-corrected chi connectivity index (χ3v) is 3.93. The predicted octanol–water partition coefficient (Wildman–Crippen LogP) is 5.49. The summed E-state index contributed by atoms with van der Waals surface area (Å²) in [6.45, 7) is 0. The lowest BCUT2D eigenvalue weighted by molar-refractivity contribution is 0.219. The molecule has 2 aromatic rings. The van der Waals surface area contributed by atoms with Gasteiger partial charge in [-0.25, -0.2) is 0 Å². The van der Waals surface area contributed by atoms with Crippen molar-refractivity contribution >= 4 is 50.7 Å². The van der Waals surface area contributed by atoms with E-state index in [2.05, 4.69) is 15.9 Å². The molecule has 1 unspecified atom stereocenters. The van der Waals surface area contributed by atoms with E-state index in [1.807, 2.05) is 6.07 Å². The molecule has 0 radical (unpaired) electrons. The topological polar surface area (TPSA) is 20.2 Å². The van der Waals surface area contributed by atoms with Crippen molar-refractivity contribution in [1.82, 2.24) is 0 Å². The normalized spacial score (nSPS) is 12.5. The number of halogens is 4. The van der Waals surface area contributed by atoms with Crippen LogP contribution in [0.5, 0.6) is 0 Å². The highest BCUT2D eigenvalue weighted by Gasteiger charge is 2.17. The average molecular weight is 366 g/mol. The Morgan fingerprint density at radius 3 is 2.17 bits per heavy atom. The number of benzene rings is 2. The van der Waals surface area contributed by atoms with Crippen molar-refractivity contribution in [2.45, 2.75) is 6.10 Å². The van der Waals surface area contributed by atoms with Crippen molar-refractivity contribution in [2.24, 2.45) is 0 Å². The lowest BCUT2D eigenvalue weighted by Gasteiger charge is -2.15. The summed E-state index contributed by atoms with van der Waals surface area (Å²) >= 11 is 21.3. The maximum atomic E-state index is 10.4. The van der Waals surface area contributed by atoms with Crippen molar-refractivity contribution in [3.05, 3.63) is 67.1 Å². The van der Waals surface area contributed by atoms with Gasteiger partial charge in [0.15, 0.2) is 0 Å². The molecule has 0 amide bonds. The molecule has 2 aromatic carbocycles. The minimum absolute atomic E-state index is 0.472. The summed E-state index contributed by atoms with van der Waals surface area (Å²) in [5, 5.41) is 11.8. The fourth-order valence-corrected chi connectivity index (χ4v) is 3.19. The first-order valence-electron chi connectivity index (χ1n) is 5.07. The van der Waals surface area contributed by atoms with Gasteiger partial charge in [-0.3, -0.25) is 0 Å². The van der Waals surface area contributed by atoms with Gasteiger partial charge in [-0.2, -0.15) is 0 Å². The fourth-order valence-electron chi connectivity index (χ4n) is 1.67. The molecule has 94 valence electrons. The molecule has 5 heteroatoms. The molecule has 0 aliphatic heterocycles. The van der Waals surface area contributed by atoms with Gasteiger partial charge in [0.2, 0.25) is 0 Å². The number of aliphatic hydroxyl groups excluding tert-OH is 1. The van der Waals surface area contributed by atoms with Crippen LogP contribution in [0.25, 0.3) is 0 Å². The molecule has 0 bridgehead atoms. The second kappa shape index (κ2) is 5.81. The molecule has 0 aliphatic carbocycles. The molecule has 0 aromatic heterocycles. The Morgan fingerprint density at radius 1 is 1.00 bits per heavy atom. The SMILES string of the molecule is OC(c1cc(Cl)cc(Cl)c1)c1c(Cl)cccc1Br. The van der Waals surface area contributed by atoms with E-state index in [-0.39, 0.29) is 0 Å². The van der Waals surface area contributed by atoms with Gasteiger partial charge in [-0.15, -0.1) is 0 Å². The van der Waals surface area contributed by atoms with E-state index in [9.17, 15) is 5.11 Å². The van der Waals surface area contributed by atoms with Crippen LogP contribution in [0.15, 0.2) is 40.9 Å². The van der Waals surface area contributed by atoms with Gasteiger partial charge >= 0.3 is 0 Å². The van der Waals surface area contributed by atoms with E-state index in [0.29, 0.717) is 26.2 Å². The Kier molecular flexibility index (Phi) is 4.57. The zero-order valence-electron chi connectivity index (χ0n) is 9.00. The summed E-state index contributed by atoms with van der Waals surface area (Å²) < 4.78 is 0.735. The van der Waals surface area contributed by atoms with Crippen molar-refractivity contribution in [1.29, 1.82) is 0 Å². The van der Waals surface area contributed by atoms with Gasteiger partial charge in [0.1, 0.15) is 6.10 Å². The van der Waals surface area contributed by atoms with Crippen LogP contribution in [0, 0.1) is 0 Å². The Morgan fingerprint density at radius 2 is 1.61 bits per heavy atom. The van der Waals surface area contributed by atoms with Gasteiger partial charge in [-0.1, -0.05) is 56.8 Å². The maximum Gasteiger partial charge on any atom is 0.107 e. The Balaban J connectivity index is 2.51. The van der Waals surface area contributed by atoms with E-state index >= 15 is 0 Å². The maximum absolute atomic E-state index is 10.4. The summed E-state index contributed by atoms with van der Waals surface area (Å²) in [5.74, 6) is 0. The monoisotopic (exact) mass is 364 g/mol. The van der Waals surface area contributed by atoms with Crippen LogP contribution >= 0.6 is 50.7 Å². The molecule has 1 nitrogen and oxygen atoms in total. The first kappa shape index (κ1) is 14.2. The van der Waals surface area contributed by atoms with Crippen molar-refractivity contribution in [3.63, 3.8) is 0 Å². The second-order valence-electron chi connectivity index (χ2n) is 3.74. The molecule has 0 fully saturated rings. The molecule has 1 N–H and O–H groups in total. The van der Waals surface area contributed by atoms with Crippen molar-refractivity contribution < 1.29 is 5.11 Å². The first-order chi connectivity index (χ1) is 8.49. The summed E-state index contributed by atoms with van der Waals surface area (Å²) in [6, 6.07) is 10.3. The highest BCUT2D eigenvalue weighted by Crippen LogP contribution is 2.35. The zero-order valence-corrected chi connectivity index (χ0v) is 12.9. The summed E-state index contributed by atoms with van der Waals surface area (Å²) in [7, 11) is 0. The molecule has 1 atom stereocenters. The largest absolute Gasteiger partial charge is 0.384 e. The first-order valence-corrected chi connectivity index (χ1v) is 6.99. The minimum Gasteiger partial charge on any atom is -0.384 e. The molecule has 0 spiro atoms. The Hall–Kier alpha value is -0.250. The average Bonchev–Trinajstić information content (AvgIpc) is 2.27. The van der Waals surface area contributed by atoms with Crippen LogP contribution in [0.4, 0.5) is 0 Å². The highest BCUT2D eigenvalue weighted by molar-refractivity contribution is 9.10. The highest BCUT2D eigenvalue weighted by atomic mass is 79.9. The summed E-state index contributed by atoms with van der Waals surface area (Å²) in [6.07, 6.45) is -0.885. The van der Waals surface area contributed by atoms with Crippen molar-refractivity contribution in [3.8, 4) is 0 Å². The number of aliphatic hydroxyl groups is 1. The fraction of sp³-hybridized carbons (Fsp3) is 0.0769. The third-order valence-electron chi connectivity index (χ3n) is 2.47. The predicted molar refractivity (Wildman–Crippen MR) is 79.7 cm³/mol. The number of hydrogen-bond acceptors (Lipinski definition) is 1. The van der Waals surface area contributed by atoms with Crippen LogP contribution in [-0.4, -0.2) is 5.11 Å². The van der Waals surface area contributed by atoms with Crippen LogP contribution in [0.3, 0.4) is 0 Å². The quantitative estimate of drug-likeness (QED) is 0.745. The zero-order chi connectivity index (χ0) is 13.3. The lowest BCUT2D eigenvalue weighted by Crippen LogP contribution is -2.01. The van der Waals surface area contributed by atoms with E-state index < -0.39 is 6.10 Å². The number of hydrogen-bond donors (Lipinski definition) is 1. The number of rotatable bonds is 2. The third kappa shape index (κ3) is 3.01. The Bertz CT molecular complexity index is 546. The summed E-state index contributed by atoms with van der Waals surface area (Å²) in [4.78, 5) is 0. The second-order valence-corrected chi connectivity index (χ2v) is 5.88. The van der Waals surface area contributed by atoms with Crippen LogP contribution in [-0.2, 0) is 0 Å². The molecule has 2 rings (SSSR count). The van der Waals surface area contributed by atoms with Crippen LogP contribution in [0.1, 0.15) is 17.2 Å². The van der Waals surface area contributed by atoms with E-state index in [1.165, 1.54) is 0 Å². The smallest absolute Gasteiger partial charge is 0.107 e. The van der Waals surface area contributed by atoms with E-state index in [0.717, 1.165) is 4.47 Å². The van der Waals surface area contributed by atoms with Crippen LogP contribution < -0.4 is 0 Å². The lowest BCUT2D eigenvalue weighted by atomic mass is 10.0. The molecule has 0 saturated carbocycles. The minimum atomic E-state index is -0.885. The van der Waals surface area contributed by atoms with Crippen molar-refractivity contribution in [2.75, 3.05) is 0 Å². The molecular weight excluding hydrogens is 358 g/mol. The van der Waals surface area contributed by atoms with Gasteiger partial charge in [0.25, 0.3) is 0 Å². The molecule has 0 saturated heterocycles. The van der Waals surface area contributed by atoms with Gasteiger partial charge < -0.3 is 5.11 Å². The molecule has 0 aliphatic rings. The van der Waals surface area contributed by atoms with Gasteiger partial charge in [0.05, 0.1) is 0 Å².